The number of ether oxygens (including phenoxy) is 2. The molecule has 2 amide bonds. The van der Waals surface area contributed by atoms with E-state index in [2.05, 4.69) is 10.1 Å². The molecule has 8 nitrogen and oxygen atoms in total. The van der Waals surface area contributed by atoms with Gasteiger partial charge >= 0.3 is 6.09 Å². The lowest BCUT2D eigenvalue weighted by molar-refractivity contribution is -0.153. The molecule has 8 heteroatoms. The van der Waals surface area contributed by atoms with Gasteiger partial charge < -0.3 is 20.1 Å². The van der Waals surface area contributed by atoms with Crippen LogP contribution in [0.5, 0.6) is 0 Å². The molecule has 0 aromatic rings. The summed E-state index contributed by atoms with van der Waals surface area (Å²) in [6.45, 7) is 3.92. The average Bonchev–Trinajstić information content (AvgIpc) is 2.83. The van der Waals surface area contributed by atoms with Crippen molar-refractivity contribution in [1.82, 2.24) is 10.2 Å². The molecular weight excluding hydrogens is 264 g/mol. The summed E-state index contributed by atoms with van der Waals surface area (Å²) < 4.78 is 9.61. The zero-order valence-electron chi connectivity index (χ0n) is 12.4. The summed E-state index contributed by atoms with van der Waals surface area (Å²) in [4.78, 5) is 25.8. The van der Waals surface area contributed by atoms with Crippen LogP contribution in [0.4, 0.5) is 4.79 Å². The molecule has 20 heavy (non-hydrogen) atoms. The zero-order chi connectivity index (χ0) is 15.6. The maximum atomic E-state index is 12.7. The van der Waals surface area contributed by atoms with Crippen LogP contribution in [0, 0.1) is 0 Å². The first kappa shape index (κ1) is 16.7. The van der Waals surface area contributed by atoms with Crippen LogP contribution in [-0.2, 0) is 14.3 Å². The second kappa shape index (κ2) is 5.94. The third-order valence-corrected chi connectivity index (χ3v) is 3.84. The van der Waals surface area contributed by atoms with E-state index in [-0.39, 0.29) is 6.04 Å². The summed E-state index contributed by atoms with van der Waals surface area (Å²) in [5, 5.41) is 2.31. The van der Waals surface area contributed by atoms with E-state index >= 15 is 0 Å². The monoisotopic (exact) mass is 288 g/mol. The Morgan fingerprint density at radius 2 is 1.95 bits per heavy atom. The van der Waals surface area contributed by atoms with E-state index in [0.717, 1.165) is 12.8 Å². The van der Waals surface area contributed by atoms with Crippen LogP contribution < -0.4 is 16.8 Å². The minimum absolute atomic E-state index is 0.0394. The number of likely N-dealkylation sites (tertiary alicyclic amines) is 1. The molecule has 1 rings (SSSR count). The summed E-state index contributed by atoms with van der Waals surface area (Å²) in [6, 6.07) is 0.0394. The SMILES string of the molecule is COC(=O)NC(N)(C(=O)N1CCC[C@H]1C)[C@@](C)(N)OC. The minimum atomic E-state index is -1.91. The van der Waals surface area contributed by atoms with Gasteiger partial charge in [-0.3, -0.25) is 15.8 Å². The molecule has 1 saturated heterocycles. The molecule has 116 valence electrons. The van der Waals surface area contributed by atoms with Crippen LogP contribution in [0.2, 0.25) is 0 Å². The molecule has 0 bridgehead atoms. The van der Waals surface area contributed by atoms with Gasteiger partial charge in [-0.05, 0) is 26.7 Å². The smallest absolute Gasteiger partial charge is 0.408 e. The van der Waals surface area contributed by atoms with Crippen LogP contribution in [-0.4, -0.2) is 55.1 Å². The Hall–Kier alpha value is -1.38. The number of hydrogen-bond donors (Lipinski definition) is 3. The highest BCUT2D eigenvalue weighted by Crippen LogP contribution is 2.24. The molecule has 0 radical (unpaired) electrons. The van der Waals surface area contributed by atoms with Crippen molar-refractivity contribution in [3.8, 4) is 0 Å². The Bertz CT molecular complexity index is 388. The van der Waals surface area contributed by atoms with Crippen molar-refractivity contribution in [3.05, 3.63) is 0 Å². The highest BCUT2D eigenvalue weighted by atomic mass is 16.5. The van der Waals surface area contributed by atoms with Crippen molar-refractivity contribution in [1.29, 1.82) is 0 Å². The zero-order valence-corrected chi connectivity index (χ0v) is 12.4. The number of hydrogen-bond acceptors (Lipinski definition) is 6. The highest BCUT2D eigenvalue weighted by molar-refractivity contribution is 5.91. The fraction of sp³-hybridized carbons (Fsp3) is 0.833. The number of methoxy groups -OCH3 is 2. The van der Waals surface area contributed by atoms with Gasteiger partial charge in [0.05, 0.1) is 7.11 Å². The molecule has 0 aliphatic carbocycles. The minimum Gasteiger partial charge on any atom is -0.453 e. The van der Waals surface area contributed by atoms with Crippen molar-refractivity contribution < 1.29 is 19.1 Å². The van der Waals surface area contributed by atoms with E-state index in [1.54, 1.807) is 4.90 Å². The predicted octanol–water partition coefficient (Wildman–Crippen LogP) is -0.670. The van der Waals surface area contributed by atoms with Gasteiger partial charge in [0.2, 0.25) is 5.66 Å². The standard InChI is InChI=1S/C12H24N4O4/c1-8-6-5-7-16(8)9(17)12(14,11(2,13)20-4)15-10(18)19-3/h8H,5-7,13-14H2,1-4H3,(H,15,18)/t8-,11+,12?/m1/s1. The van der Waals surface area contributed by atoms with E-state index in [0.29, 0.717) is 6.54 Å². The lowest BCUT2D eigenvalue weighted by Gasteiger charge is -2.43. The molecule has 0 saturated carbocycles. The number of nitrogens with two attached hydrogens (primary N) is 2. The van der Waals surface area contributed by atoms with Crippen molar-refractivity contribution in [2.24, 2.45) is 11.5 Å². The van der Waals surface area contributed by atoms with Gasteiger partial charge in [0, 0.05) is 19.7 Å². The third kappa shape index (κ3) is 2.87. The molecule has 1 fully saturated rings. The Balaban J connectivity index is 3.09. The van der Waals surface area contributed by atoms with Crippen LogP contribution in [0.3, 0.4) is 0 Å². The van der Waals surface area contributed by atoms with Gasteiger partial charge in [0.1, 0.15) is 0 Å². The summed E-state index contributed by atoms with van der Waals surface area (Å²) in [7, 11) is 2.50. The maximum absolute atomic E-state index is 12.7. The third-order valence-electron chi connectivity index (χ3n) is 3.84. The Labute approximate surface area is 118 Å². The van der Waals surface area contributed by atoms with Gasteiger partial charge in [0.25, 0.3) is 5.91 Å². The molecule has 3 atom stereocenters. The Morgan fingerprint density at radius 1 is 1.35 bits per heavy atom. The average molecular weight is 288 g/mol. The quantitative estimate of drug-likeness (QED) is 0.590. The van der Waals surface area contributed by atoms with E-state index in [4.69, 9.17) is 16.2 Å². The number of carbonyl (C=O) groups excluding carboxylic acids is 2. The first-order valence-corrected chi connectivity index (χ1v) is 6.49. The summed E-state index contributed by atoms with van der Waals surface area (Å²) in [5.74, 6) is -0.486. The van der Waals surface area contributed by atoms with E-state index in [1.807, 2.05) is 6.92 Å². The molecule has 0 aromatic heterocycles. The van der Waals surface area contributed by atoms with Gasteiger partial charge in [-0.2, -0.15) is 0 Å². The second-order valence-electron chi connectivity index (χ2n) is 5.23. The van der Waals surface area contributed by atoms with Crippen molar-refractivity contribution in [2.75, 3.05) is 20.8 Å². The lowest BCUT2D eigenvalue weighted by atomic mass is 9.96. The van der Waals surface area contributed by atoms with Gasteiger partial charge in [-0.15, -0.1) is 0 Å². The molecule has 5 N–H and O–H groups in total. The van der Waals surface area contributed by atoms with E-state index < -0.39 is 23.4 Å². The van der Waals surface area contributed by atoms with Gasteiger partial charge in [0.15, 0.2) is 5.72 Å². The molecule has 1 heterocycles. The summed E-state index contributed by atoms with van der Waals surface area (Å²) in [6.07, 6.45) is 0.922. The number of nitrogens with one attached hydrogen (secondary N) is 1. The Kier molecular flexibility index (Phi) is 4.95. The van der Waals surface area contributed by atoms with Crippen molar-refractivity contribution >= 4 is 12.0 Å². The first-order valence-electron chi connectivity index (χ1n) is 6.49. The predicted molar refractivity (Wildman–Crippen MR) is 72.5 cm³/mol. The molecule has 0 spiro atoms. The summed E-state index contributed by atoms with van der Waals surface area (Å²) in [5.41, 5.74) is 8.55. The van der Waals surface area contributed by atoms with Crippen molar-refractivity contribution in [3.63, 3.8) is 0 Å². The fourth-order valence-electron chi connectivity index (χ4n) is 2.22. The number of carbonyl (C=O) groups is 2. The normalized spacial score (nSPS) is 24.7. The van der Waals surface area contributed by atoms with Gasteiger partial charge in [-0.1, -0.05) is 0 Å². The maximum Gasteiger partial charge on any atom is 0.408 e. The van der Waals surface area contributed by atoms with E-state index in [1.165, 1.54) is 21.1 Å². The van der Waals surface area contributed by atoms with Crippen LogP contribution >= 0.6 is 0 Å². The first-order chi connectivity index (χ1) is 9.19. The second-order valence-corrected chi connectivity index (χ2v) is 5.23. The van der Waals surface area contributed by atoms with Gasteiger partial charge in [-0.25, -0.2) is 4.79 Å². The Morgan fingerprint density at radius 3 is 2.35 bits per heavy atom. The number of amides is 2. The largest absolute Gasteiger partial charge is 0.453 e. The molecule has 0 aromatic carbocycles. The molecular formula is C12H24N4O4. The number of rotatable bonds is 4. The van der Waals surface area contributed by atoms with Crippen LogP contribution in [0.25, 0.3) is 0 Å². The van der Waals surface area contributed by atoms with E-state index in [9.17, 15) is 9.59 Å². The van der Waals surface area contributed by atoms with Crippen LogP contribution in [0.15, 0.2) is 0 Å². The number of alkyl carbamates (subject to hydrolysis) is 1. The molecule has 1 aliphatic rings. The summed E-state index contributed by atoms with van der Waals surface area (Å²) >= 11 is 0. The number of nitrogens with zero attached hydrogens (tertiary/aromatic N) is 1. The fourth-order valence-corrected chi connectivity index (χ4v) is 2.22. The topological polar surface area (TPSA) is 120 Å². The van der Waals surface area contributed by atoms with Crippen molar-refractivity contribution in [2.45, 2.75) is 44.1 Å². The lowest BCUT2D eigenvalue weighted by Crippen LogP contribution is -2.79. The molecule has 1 unspecified atom stereocenters. The molecule has 1 aliphatic heterocycles. The van der Waals surface area contributed by atoms with Crippen LogP contribution in [0.1, 0.15) is 26.7 Å². The highest BCUT2D eigenvalue weighted by Gasteiger charge is 2.54.